The van der Waals surface area contributed by atoms with Crippen LogP contribution in [0.1, 0.15) is 38.4 Å². The van der Waals surface area contributed by atoms with Crippen LogP contribution in [0.5, 0.6) is 0 Å². The van der Waals surface area contributed by atoms with Crippen LogP contribution in [0.2, 0.25) is 0 Å². The summed E-state index contributed by atoms with van der Waals surface area (Å²) in [5.74, 6) is 2.63. The third kappa shape index (κ3) is 6.17. The Hall–Kier alpha value is -1.63. The van der Waals surface area contributed by atoms with Crippen LogP contribution in [-0.4, -0.2) is 58.9 Å². The molecular weight excluding hydrogens is 290 g/mol. The molecule has 0 bridgehead atoms. The second-order valence-electron chi connectivity index (χ2n) is 6.38. The van der Waals surface area contributed by atoms with Crippen molar-refractivity contribution in [3.8, 4) is 0 Å². The van der Waals surface area contributed by atoms with Crippen LogP contribution < -0.4 is 10.6 Å². The smallest absolute Gasteiger partial charge is 0.191 e. The van der Waals surface area contributed by atoms with Gasteiger partial charge in [-0.25, -0.2) is 4.98 Å². The molecule has 0 radical (unpaired) electrons. The van der Waals surface area contributed by atoms with Crippen molar-refractivity contribution in [3.63, 3.8) is 0 Å². The molecule has 0 spiro atoms. The molecule has 0 amide bonds. The number of guanidine groups is 1. The number of hydrogen-bond acceptors (Lipinski definition) is 4. The van der Waals surface area contributed by atoms with Crippen LogP contribution in [0.25, 0.3) is 0 Å². The SMILES string of the molecule is CN=C(NCCCCN1CCC(C)CC1)NCc1ncnn1C. The van der Waals surface area contributed by atoms with Gasteiger partial charge >= 0.3 is 0 Å². The van der Waals surface area contributed by atoms with Gasteiger partial charge in [-0.2, -0.15) is 5.10 Å². The van der Waals surface area contributed by atoms with Crippen molar-refractivity contribution >= 4 is 5.96 Å². The molecule has 0 aromatic carbocycles. The monoisotopic (exact) mass is 321 g/mol. The number of aryl methyl sites for hydroxylation is 1. The molecule has 0 unspecified atom stereocenters. The molecule has 2 rings (SSSR count). The molecule has 0 atom stereocenters. The van der Waals surface area contributed by atoms with E-state index >= 15 is 0 Å². The first-order chi connectivity index (χ1) is 11.2. The highest BCUT2D eigenvalue weighted by atomic mass is 15.3. The second kappa shape index (κ2) is 9.50. The Kier molecular flexibility index (Phi) is 7.32. The lowest BCUT2D eigenvalue weighted by atomic mass is 9.99. The Morgan fingerprint density at radius 1 is 1.30 bits per heavy atom. The summed E-state index contributed by atoms with van der Waals surface area (Å²) in [5, 5.41) is 10.7. The molecule has 2 heterocycles. The molecule has 130 valence electrons. The number of unbranched alkanes of at least 4 members (excludes halogenated alkanes) is 1. The van der Waals surface area contributed by atoms with Crippen molar-refractivity contribution < 1.29 is 0 Å². The Bertz CT molecular complexity index is 475. The first kappa shape index (κ1) is 17.7. The van der Waals surface area contributed by atoms with Gasteiger partial charge in [0.2, 0.25) is 0 Å². The van der Waals surface area contributed by atoms with Gasteiger partial charge in [0.05, 0.1) is 6.54 Å². The number of nitrogens with one attached hydrogen (secondary N) is 2. The van der Waals surface area contributed by atoms with Gasteiger partial charge in [0.15, 0.2) is 5.96 Å². The maximum absolute atomic E-state index is 4.24. The fourth-order valence-corrected chi connectivity index (χ4v) is 2.82. The quantitative estimate of drug-likeness (QED) is 0.445. The number of likely N-dealkylation sites (tertiary alicyclic amines) is 1. The molecule has 2 N–H and O–H groups in total. The standard InChI is InChI=1S/C16H31N7/c1-14-6-10-23(11-7-14)9-5-4-8-18-16(17-2)19-12-15-20-13-21-22(15)3/h13-14H,4-12H2,1-3H3,(H2,17,18,19). The van der Waals surface area contributed by atoms with Crippen molar-refractivity contribution in [2.24, 2.45) is 18.0 Å². The van der Waals surface area contributed by atoms with E-state index < -0.39 is 0 Å². The topological polar surface area (TPSA) is 70.4 Å². The maximum atomic E-state index is 4.24. The number of rotatable bonds is 7. The zero-order valence-corrected chi connectivity index (χ0v) is 14.8. The minimum Gasteiger partial charge on any atom is -0.356 e. The summed E-state index contributed by atoms with van der Waals surface area (Å²) >= 11 is 0. The molecule has 7 heteroatoms. The van der Waals surface area contributed by atoms with Gasteiger partial charge in [0, 0.05) is 20.6 Å². The van der Waals surface area contributed by atoms with Gasteiger partial charge in [0.1, 0.15) is 12.2 Å². The molecule has 7 nitrogen and oxygen atoms in total. The molecule has 1 aliphatic rings. The number of piperidine rings is 1. The van der Waals surface area contributed by atoms with E-state index in [-0.39, 0.29) is 0 Å². The van der Waals surface area contributed by atoms with E-state index in [2.05, 4.69) is 37.5 Å². The predicted octanol–water partition coefficient (Wildman–Crippen LogP) is 0.992. The Morgan fingerprint density at radius 3 is 2.74 bits per heavy atom. The normalized spacial score (nSPS) is 17.4. The van der Waals surface area contributed by atoms with E-state index in [4.69, 9.17) is 0 Å². The summed E-state index contributed by atoms with van der Waals surface area (Å²) in [6.07, 6.45) is 6.68. The van der Waals surface area contributed by atoms with Gasteiger partial charge in [-0.15, -0.1) is 0 Å². The minimum absolute atomic E-state index is 0.627. The molecule has 0 aliphatic carbocycles. The molecule has 1 aromatic heterocycles. The molecule has 1 aromatic rings. The second-order valence-corrected chi connectivity index (χ2v) is 6.38. The van der Waals surface area contributed by atoms with E-state index in [1.165, 1.54) is 38.9 Å². The molecule has 1 fully saturated rings. The summed E-state index contributed by atoms with van der Waals surface area (Å²) in [6, 6.07) is 0. The number of nitrogens with zero attached hydrogens (tertiary/aromatic N) is 5. The first-order valence-corrected chi connectivity index (χ1v) is 8.68. The Labute approximate surface area is 139 Å². The largest absolute Gasteiger partial charge is 0.356 e. The first-order valence-electron chi connectivity index (χ1n) is 8.68. The average Bonchev–Trinajstić information content (AvgIpc) is 2.97. The van der Waals surface area contributed by atoms with Crippen molar-refractivity contribution in [3.05, 3.63) is 12.2 Å². The summed E-state index contributed by atoms with van der Waals surface area (Å²) in [5.41, 5.74) is 0. The molecule has 1 aliphatic heterocycles. The molecule has 1 saturated heterocycles. The van der Waals surface area contributed by atoms with Crippen LogP contribution in [0.4, 0.5) is 0 Å². The maximum Gasteiger partial charge on any atom is 0.191 e. The number of aromatic nitrogens is 3. The fourth-order valence-electron chi connectivity index (χ4n) is 2.82. The van der Waals surface area contributed by atoms with Gasteiger partial charge in [-0.1, -0.05) is 6.92 Å². The van der Waals surface area contributed by atoms with Gasteiger partial charge in [-0.3, -0.25) is 9.67 Å². The molecular formula is C16H31N7. The highest BCUT2D eigenvalue weighted by Gasteiger charge is 2.14. The zero-order valence-electron chi connectivity index (χ0n) is 14.8. The van der Waals surface area contributed by atoms with Gasteiger partial charge in [0.25, 0.3) is 0 Å². The molecule has 23 heavy (non-hydrogen) atoms. The van der Waals surface area contributed by atoms with Crippen molar-refractivity contribution in [2.75, 3.05) is 33.2 Å². The third-order valence-corrected chi connectivity index (χ3v) is 4.51. The predicted molar refractivity (Wildman–Crippen MR) is 93.3 cm³/mol. The van der Waals surface area contributed by atoms with Crippen LogP contribution in [0.3, 0.4) is 0 Å². The molecule has 0 saturated carbocycles. The highest BCUT2D eigenvalue weighted by Crippen LogP contribution is 2.15. The van der Waals surface area contributed by atoms with E-state index in [1.807, 2.05) is 7.05 Å². The highest BCUT2D eigenvalue weighted by molar-refractivity contribution is 5.79. The lowest BCUT2D eigenvalue weighted by Crippen LogP contribution is -2.38. The lowest BCUT2D eigenvalue weighted by Gasteiger charge is -2.30. The summed E-state index contributed by atoms with van der Waals surface area (Å²) in [4.78, 5) is 11.0. The van der Waals surface area contributed by atoms with Crippen LogP contribution >= 0.6 is 0 Å². The van der Waals surface area contributed by atoms with E-state index in [9.17, 15) is 0 Å². The van der Waals surface area contributed by atoms with Crippen LogP contribution in [-0.2, 0) is 13.6 Å². The fraction of sp³-hybridized carbons (Fsp3) is 0.812. The van der Waals surface area contributed by atoms with Gasteiger partial charge < -0.3 is 15.5 Å². The summed E-state index contributed by atoms with van der Waals surface area (Å²) < 4.78 is 1.76. The Morgan fingerprint density at radius 2 is 2.09 bits per heavy atom. The van der Waals surface area contributed by atoms with E-state index in [0.717, 1.165) is 30.7 Å². The minimum atomic E-state index is 0.627. The van der Waals surface area contributed by atoms with Crippen molar-refractivity contribution in [2.45, 2.75) is 39.2 Å². The Balaban J connectivity index is 1.54. The average molecular weight is 321 g/mol. The summed E-state index contributed by atoms with van der Waals surface area (Å²) in [7, 11) is 3.68. The number of aliphatic imine (C=N–C) groups is 1. The van der Waals surface area contributed by atoms with Crippen LogP contribution in [0.15, 0.2) is 11.3 Å². The van der Waals surface area contributed by atoms with Crippen molar-refractivity contribution in [1.29, 1.82) is 0 Å². The van der Waals surface area contributed by atoms with Crippen molar-refractivity contribution in [1.82, 2.24) is 30.3 Å². The van der Waals surface area contributed by atoms with Crippen LogP contribution in [0, 0.1) is 5.92 Å². The lowest BCUT2D eigenvalue weighted by molar-refractivity contribution is 0.189. The van der Waals surface area contributed by atoms with Gasteiger partial charge in [-0.05, 0) is 51.2 Å². The zero-order chi connectivity index (χ0) is 16.5. The van der Waals surface area contributed by atoms with E-state index in [1.54, 1.807) is 18.1 Å². The summed E-state index contributed by atoms with van der Waals surface area (Å²) in [6.45, 7) is 7.70. The third-order valence-electron chi connectivity index (χ3n) is 4.51. The number of hydrogen-bond donors (Lipinski definition) is 2. The van der Waals surface area contributed by atoms with E-state index in [0.29, 0.717) is 6.54 Å².